The summed E-state index contributed by atoms with van der Waals surface area (Å²) in [5.41, 5.74) is 3.61. The number of carbonyl (C=O) groups is 1. The Kier molecular flexibility index (Phi) is 6.39. The van der Waals surface area contributed by atoms with Crippen LogP contribution in [0.4, 0.5) is 5.82 Å². The predicted octanol–water partition coefficient (Wildman–Crippen LogP) is 3.88. The summed E-state index contributed by atoms with van der Waals surface area (Å²) in [5.74, 6) is 2.39. The first-order valence-corrected chi connectivity index (χ1v) is 12.2. The molecule has 6 nitrogen and oxygen atoms in total. The summed E-state index contributed by atoms with van der Waals surface area (Å²) >= 11 is 0. The van der Waals surface area contributed by atoms with Crippen molar-refractivity contribution in [2.75, 3.05) is 38.3 Å². The van der Waals surface area contributed by atoms with E-state index in [1.165, 1.54) is 17.7 Å². The molecule has 0 radical (unpaired) electrons. The van der Waals surface area contributed by atoms with Gasteiger partial charge in [0.05, 0.1) is 12.6 Å². The molecule has 2 fully saturated rings. The van der Waals surface area contributed by atoms with Gasteiger partial charge in [-0.05, 0) is 51.4 Å². The molecule has 1 aromatic carbocycles. The molecule has 1 amide bonds. The molecule has 170 valence electrons. The van der Waals surface area contributed by atoms with Crippen LogP contribution in [0.5, 0.6) is 0 Å². The molecule has 3 heterocycles. The molecule has 2 aliphatic heterocycles. The van der Waals surface area contributed by atoms with Crippen molar-refractivity contribution in [1.29, 1.82) is 0 Å². The summed E-state index contributed by atoms with van der Waals surface area (Å²) in [4.78, 5) is 27.8. The van der Waals surface area contributed by atoms with Gasteiger partial charge in [-0.2, -0.15) is 0 Å². The molecule has 0 bridgehead atoms. The van der Waals surface area contributed by atoms with Gasteiger partial charge in [-0.25, -0.2) is 9.97 Å². The zero-order valence-electron chi connectivity index (χ0n) is 19.1. The van der Waals surface area contributed by atoms with Crippen LogP contribution in [0.15, 0.2) is 30.3 Å². The molecular weight excluding hydrogens is 400 g/mol. The Bertz CT molecular complexity index is 938. The second-order valence-corrected chi connectivity index (χ2v) is 9.41. The van der Waals surface area contributed by atoms with Crippen LogP contribution < -0.4 is 4.90 Å². The molecule has 1 atom stereocenters. The van der Waals surface area contributed by atoms with Crippen LogP contribution in [0.3, 0.4) is 0 Å². The van der Waals surface area contributed by atoms with Gasteiger partial charge in [0, 0.05) is 49.5 Å². The number of rotatable bonds is 5. The normalized spacial score (nSPS) is 21.6. The lowest BCUT2D eigenvalue weighted by molar-refractivity contribution is -0.141. The maximum absolute atomic E-state index is 13.3. The molecule has 0 N–H and O–H groups in total. The number of hydrogen-bond donors (Lipinski definition) is 0. The summed E-state index contributed by atoms with van der Waals surface area (Å²) in [6, 6.07) is 10.5. The molecule has 2 saturated heterocycles. The van der Waals surface area contributed by atoms with E-state index < -0.39 is 0 Å². The number of aromatic nitrogens is 2. The Morgan fingerprint density at radius 3 is 2.59 bits per heavy atom. The lowest BCUT2D eigenvalue weighted by Crippen LogP contribution is -2.50. The third-order valence-electron chi connectivity index (χ3n) is 7.36. The third kappa shape index (κ3) is 4.25. The summed E-state index contributed by atoms with van der Waals surface area (Å²) in [6.07, 6.45) is 8.41. The first-order chi connectivity index (χ1) is 15.7. The van der Waals surface area contributed by atoms with E-state index in [4.69, 9.17) is 14.7 Å². The highest BCUT2D eigenvalue weighted by molar-refractivity contribution is 5.79. The fourth-order valence-corrected chi connectivity index (χ4v) is 5.62. The van der Waals surface area contributed by atoms with Gasteiger partial charge in [0.15, 0.2) is 5.82 Å². The number of fused-ring (bicyclic) bond motifs is 1. The zero-order chi connectivity index (χ0) is 21.9. The second kappa shape index (κ2) is 9.57. The molecule has 1 aliphatic carbocycles. The van der Waals surface area contributed by atoms with E-state index in [2.05, 4.69) is 21.9 Å². The Hall–Kier alpha value is -2.47. The summed E-state index contributed by atoms with van der Waals surface area (Å²) in [7, 11) is 1.74. The van der Waals surface area contributed by atoms with Crippen molar-refractivity contribution in [3.63, 3.8) is 0 Å². The topological polar surface area (TPSA) is 58.6 Å². The number of hydrogen-bond acceptors (Lipinski definition) is 5. The lowest BCUT2D eigenvalue weighted by Gasteiger charge is -2.40. The standard InChI is InChI=1S/C26H34N4O2/c1-32-18-21-10-5-6-15-30(21)26(31)20-13-16-29(17-14-20)25-22-11-7-12-23(22)27-24(28-25)19-8-3-2-4-9-19/h2-4,8-9,20-21H,5-7,10-18H2,1H3. The van der Waals surface area contributed by atoms with Crippen LogP contribution >= 0.6 is 0 Å². The van der Waals surface area contributed by atoms with E-state index in [0.29, 0.717) is 12.5 Å². The van der Waals surface area contributed by atoms with Crippen LogP contribution in [0, 0.1) is 5.92 Å². The molecule has 0 spiro atoms. The van der Waals surface area contributed by atoms with Gasteiger partial charge < -0.3 is 14.5 Å². The van der Waals surface area contributed by atoms with Crippen LogP contribution in [-0.2, 0) is 22.4 Å². The van der Waals surface area contributed by atoms with E-state index in [1.807, 2.05) is 18.2 Å². The Morgan fingerprint density at radius 2 is 1.81 bits per heavy atom. The molecular formula is C26H34N4O2. The van der Waals surface area contributed by atoms with E-state index >= 15 is 0 Å². The number of nitrogens with zero attached hydrogens (tertiary/aromatic N) is 4. The van der Waals surface area contributed by atoms with Gasteiger partial charge in [0.1, 0.15) is 5.82 Å². The molecule has 32 heavy (non-hydrogen) atoms. The molecule has 0 saturated carbocycles. The Balaban J connectivity index is 1.31. The van der Waals surface area contributed by atoms with Crippen LogP contribution in [0.25, 0.3) is 11.4 Å². The van der Waals surface area contributed by atoms with Gasteiger partial charge in [0.25, 0.3) is 0 Å². The number of amides is 1. The molecule has 3 aliphatic rings. The maximum Gasteiger partial charge on any atom is 0.226 e. The number of methoxy groups -OCH3 is 1. The molecule has 1 unspecified atom stereocenters. The average molecular weight is 435 g/mol. The number of aryl methyl sites for hydroxylation is 1. The Labute approximate surface area is 191 Å². The fourth-order valence-electron chi connectivity index (χ4n) is 5.62. The number of piperidine rings is 2. The first kappa shape index (κ1) is 21.4. The monoisotopic (exact) mass is 434 g/mol. The van der Waals surface area contributed by atoms with Crippen molar-refractivity contribution in [2.45, 2.75) is 57.4 Å². The molecule has 6 heteroatoms. The second-order valence-electron chi connectivity index (χ2n) is 9.41. The predicted molar refractivity (Wildman–Crippen MR) is 126 cm³/mol. The van der Waals surface area contributed by atoms with Gasteiger partial charge in [-0.1, -0.05) is 30.3 Å². The van der Waals surface area contributed by atoms with E-state index in [0.717, 1.165) is 81.8 Å². The number of anilines is 1. The lowest BCUT2D eigenvalue weighted by atomic mass is 9.92. The summed E-state index contributed by atoms with van der Waals surface area (Å²) in [6.45, 7) is 3.31. The van der Waals surface area contributed by atoms with Gasteiger partial charge in [-0.15, -0.1) is 0 Å². The van der Waals surface area contributed by atoms with E-state index in [-0.39, 0.29) is 12.0 Å². The highest BCUT2D eigenvalue weighted by atomic mass is 16.5. The van der Waals surface area contributed by atoms with Crippen molar-refractivity contribution in [1.82, 2.24) is 14.9 Å². The Morgan fingerprint density at radius 1 is 1.00 bits per heavy atom. The average Bonchev–Trinajstić information content (AvgIpc) is 3.33. The van der Waals surface area contributed by atoms with Crippen LogP contribution in [-0.4, -0.2) is 60.2 Å². The van der Waals surface area contributed by atoms with E-state index in [1.54, 1.807) is 7.11 Å². The number of likely N-dealkylation sites (tertiary alicyclic amines) is 1. The van der Waals surface area contributed by atoms with Gasteiger partial charge in [-0.3, -0.25) is 4.79 Å². The quantitative estimate of drug-likeness (QED) is 0.715. The van der Waals surface area contributed by atoms with Gasteiger partial charge >= 0.3 is 0 Å². The SMILES string of the molecule is COCC1CCCCN1C(=O)C1CCN(c2nc(-c3ccccc3)nc3c2CCC3)CC1. The highest BCUT2D eigenvalue weighted by Gasteiger charge is 2.34. The first-order valence-electron chi connectivity index (χ1n) is 12.2. The third-order valence-corrected chi connectivity index (χ3v) is 7.36. The van der Waals surface area contributed by atoms with Crippen molar-refractivity contribution in [3.05, 3.63) is 41.6 Å². The van der Waals surface area contributed by atoms with Crippen molar-refractivity contribution >= 4 is 11.7 Å². The minimum Gasteiger partial charge on any atom is -0.383 e. The van der Waals surface area contributed by atoms with Crippen LogP contribution in [0.1, 0.15) is 49.8 Å². The van der Waals surface area contributed by atoms with Crippen molar-refractivity contribution < 1.29 is 9.53 Å². The van der Waals surface area contributed by atoms with E-state index in [9.17, 15) is 4.79 Å². The summed E-state index contributed by atoms with van der Waals surface area (Å²) in [5, 5.41) is 0. The van der Waals surface area contributed by atoms with Gasteiger partial charge in [0.2, 0.25) is 5.91 Å². The van der Waals surface area contributed by atoms with Crippen molar-refractivity contribution in [2.24, 2.45) is 5.92 Å². The number of benzene rings is 1. The highest BCUT2D eigenvalue weighted by Crippen LogP contribution is 2.34. The van der Waals surface area contributed by atoms with Crippen molar-refractivity contribution in [3.8, 4) is 11.4 Å². The largest absolute Gasteiger partial charge is 0.383 e. The smallest absolute Gasteiger partial charge is 0.226 e. The van der Waals surface area contributed by atoms with Crippen LogP contribution in [0.2, 0.25) is 0 Å². The number of carbonyl (C=O) groups excluding carboxylic acids is 1. The zero-order valence-corrected chi connectivity index (χ0v) is 19.1. The number of ether oxygens (including phenoxy) is 1. The molecule has 2 aromatic rings. The minimum atomic E-state index is 0.118. The molecule has 1 aromatic heterocycles. The fraction of sp³-hybridized carbons (Fsp3) is 0.577. The maximum atomic E-state index is 13.3. The minimum absolute atomic E-state index is 0.118. The summed E-state index contributed by atoms with van der Waals surface area (Å²) < 4.78 is 5.40. The molecule has 5 rings (SSSR count).